The Hall–Kier alpha value is -2.01. The summed E-state index contributed by atoms with van der Waals surface area (Å²) in [6.45, 7) is 0.624. The van der Waals surface area contributed by atoms with Crippen LogP contribution in [0.3, 0.4) is 0 Å². The molecular weight excluding hydrogens is 228 g/mol. The van der Waals surface area contributed by atoms with E-state index in [2.05, 4.69) is 15.3 Å². The minimum absolute atomic E-state index is 0.00619. The van der Waals surface area contributed by atoms with Crippen molar-refractivity contribution in [2.45, 2.75) is 19.3 Å². The van der Waals surface area contributed by atoms with Crippen molar-refractivity contribution in [3.8, 4) is 0 Å². The summed E-state index contributed by atoms with van der Waals surface area (Å²) >= 11 is 0. The van der Waals surface area contributed by atoms with Gasteiger partial charge in [0.05, 0.1) is 11.0 Å². The van der Waals surface area contributed by atoms with E-state index in [0.717, 1.165) is 29.6 Å². The van der Waals surface area contributed by atoms with Crippen molar-refractivity contribution >= 4 is 22.6 Å². The second-order valence-electron chi connectivity index (χ2n) is 4.05. The molecule has 0 saturated carbocycles. The fraction of sp³-hybridized carbons (Fsp3) is 0.308. The number of amides is 1. The van der Waals surface area contributed by atoms with E-state index in [-0.39, 0.29) is 5.91 Å². The third-order valence-corrected chi connectivity index (χ3v) is 2.61. The maximum Gasteiger partial charge on any atom is 0.224 e. The number of unbranched alkanes of at least 4 members (excludes halogenated alkanes) is 1. The molecular formula is C13H16N4O. The van der Waals surface area contributed by atoms with Gasteiger partial charge in [0, 0.05) is 24.5 Å². The molecule has 0 radical (unpaired) electrons. The molecule has 5 heteroatoms. The zero-order valence-corrected chi connectivity index (χ0v) is 10.1. The van der Waals surface area contributed by atoms with E-state index in [4.69, 9.17) is 5.73 Å². The van der Waals surface area contributed by atoms with E-state index in [0.29, 0.717) is 13.0 Å². The van der Waals surface area contributed by atoms with Crippen LogP contribution in [0.4, 0.5) is 5.69 Å². The number of anilines is 1. The lowest BCUT2D eigenvalue weighted by molar-refractivity contribution is -0.116. The molecule has 1 aromatic heterocycles. The van der Waals surface area contributed by atoms with Crippen LogP contribution in [0.2, 0.25) is 0 Å². The fourth-order valence-corrected chi connectivity index (χ4v) is 1.69. The molecule has 0 aliphatic carbocycles. The minimum Gasteiger partial charge on any atom is -0.330 e. The molecule has 2 rings (SSSR count). The Morgan fingerprint density at radius 1 is 1.17 bits per heavy atom. The van der Waals surface area contributed by atoms with E-state index < -0.39 is 0 Å². The highest BCUT2D eigenvalue weighted by molar-refractivity contribution is 5.92. The number of carbonyl (C=O) groups is 1. The number of nitrogens with two attached hydrogens (primary N) is 1. The van der Waals surface area contributed by atoms with Gasteiger partial charge in [0.25, 0.3) is 0 Å². The number of nitrogens with one attached hydrogen (secondary N) is 1. The van der Waals surface area contributed by atoms with Crippen LogP contribution >= 0.6 is 0 Å². The predicted octanol–water partition coefficient (Wildman–Crippen LogP) is 1.70. The molecule has 0 spiro atoms. The second-order valence-corrected chi connectivity index (χ2v) is 4.05. The predicted molar refractivity (Wildman–Crippen MR) is 71.1 cm³/mol. The summed E-state index contributed by atoms with van der Waals surface area (Å²) in [6, 6.07) is 5.50. The van der Waals surface area contributed by atoms with Crippen LogP contribution in [-0.4, -0.2) is 22.4 Å². The quantitative estimate of drug-likeness (QED) is 0.784. The molecule has 0 bridgehead atoms. The van der Waals surface area contributed by atoms with Crippen molar-refractivity contribution in [2.24, 2.45) is 5.73 Å². The molecule has 18 heavy (non-hydrogen) atoms. The Morgan fingerprint density at radius 3 is 2.72 bits per heavy atom. The lowest BCUT2D eigenvalue weighted by Gasteiger charge is -2.05. The Kier molecular flexibility index (Phi) is 4.20. The van der Waals surface area contributed by atoms with Crippen LogP contribution in [0.5, 0.6) is 0 Å². The zero-order chi connectivity index (χ0) is 12.8. The van der Waals surface area contributed by atoms with E-state index in [1.54, 1.807) is 12.4 Å². The van der Waals surface area contributed by atoms with E-state index in [1.165, 1.54) is 0 Å². The van der Waals surface area contributed by atoms with Crippen LogP contribution in [0.25, 0.3) is 11.0 Å². The molecule has 2 aromatic rings. The van der Waals surface area contributed by atoms with Gasteiger partial charge in [-0.15, -0.1) is 0 Å². The summed E-state index contributed by atoms with van der Waals surface area (Å²) in [6.07, 6.45) is 5.46. The van der Waals surface area contributed by atoms with Crippen LogP contribution in [0, 0.1) is 0 Å². The molecule has 1 heterocycles. The van der Waals surface area contributed by atoms with Crippen LogP contribution in [0.15, 0.2) is 30.6 Å². The van der Waals surface area contributed by atoms with Crippen LogP contribution < -0.4 is 11.1 Å². The molecule has 0 atom stereocenters. The number of aromatic nitrogens is 2. The topological polar surface area (TPSA) is 80.9 Å². The van der Waals surface area contributed by atoms with Crippen molar-refractivity contribution in [1.29, 1.82) is 0 Å². The Labute approximate surface area is 105 Å². The highest BCUT2D eigenvalue weighted by atomic mass is 16.1. The summed E-state index contributed by atoms with van der Waals surface area (Å²) in [5, 5.41) is 2.85. The number of hydrogen-bond donors (Lipinski definition) is 2. The number of carbonyl (C=O) groups excluding carboxylic acids is 1. The second kappa shape index (κ2) is 6.07. The number of benzene rings is 1. The van der Waals surface area contributed by atoms with Crippen LogP contribution in [0.1, 0.15) is 19.3 Å². The van der Waals surface area contributed by atoms with Crippen molar-refractivity contribution in [3.63, 3.8) is 0 Å². The highest BCUT2D eigenvalue weighted by Crippen LogP contribution is 2.15. The standard InChI is InChI=1S/C13H16N4O/c14-6-2-1-3-13(18)17-10-4-5-11-12(9-10)16-8-7-15-11/h4-5,7-9H,1-3,6,14H2,(H,17,18). The molecule has 0 saturated heterocycles. The average Bonchev–Trinajstić information content (AvgIpc) is 2.39. The Bertz CT molecular complexity index is 541. The largest absolute Gasteiger partial charge is 0.330 e. The highest BCUT2D eigenvalue weighted by Gasteiger charge is 2.03. The summed E-state index contributed by atoms with van der Waals surface area (Å²) in [5.74, 6) is 0.00619. The normalized spacial score (nSPS) is 10.5. The van der Waals surface area contributed by atoms with E-state index in [9.17, 15) is 4.79 Å². The number of nitrogens with zero attached hydrogens (tertiary/aromatic N) is 2. The molecule has 94 valence electrons. The summed E-state index contributed by atoms with van der Waals surface area (Å²) in [5.41, 5.74) is 7.73. The first kappa shape index (κ1) is 12.4. The van der Waals surface area contributed by atoms with Gasteiger partial charge in [0.15, 0.2) is 0 Å². The van der Waals surface area contributed by atoms with Gasteiger partial charge < -0.3 is 11.1 Å². The van der Waals surface area contributed by atoms with Gasteiger partial charge in [-0.1, -0.05) is 0 Å². The first-order valence-corrected chi connectivity index (χ1v) is 6.00. The molecule has 1 aromatic carbocycles. The fourth-order valence-electron chi connectivity index (χ4n) is 1.69. The van der Waals surface area contributed by atoms with Gasteiger partial charge in [0.1, 0.15) is 0 Å². The molecule has 0 aliphatic heterocycles. The molecule has 0 aliphatic rings. The average molecular weight is 244 g/mol. The SMILES string of the molecule is NCCCCC(=O)Nc1ccc2nccnc2c1. The van der Waals surface area contributed by atoms with Gasteiger partial charge in [-0.25, -0.2) is 0 Å². The monoisotopic (exact) mass is 244 g/mol. The van der Waals surface area contributed by atoms with E-state index >= 15 is 0 Å². The van der Waals surface area contributed by atoms with Crippen LogP contribution in [-0.2, 0) is 4.79 Å². The summed E-state index contributed by atoms with van der Waals surface area (Å²) < 4.78 is 0. The first-order valence-electron chi connectivity index (χ1n) is 6.00. The first-order chi connectivity index (χ1) is 8.79. The molecule has 0 fully saturated rings. The lowest BCUT2D eigenvalue weighted by atomic mass is 10.2. The molecule has 5 nitrogen and oxygen atoms in total. The molecule has 1 amide bonds. The molecule has 3 N–H and O–H groups in total. The summed E-state index contributed by atoms with van der Waals surface area (Å²) in [4.78, 5) is 20.0. The van der Waals surface area contributed by atoms with Gasteiger partial charge in [-0.05, 0) is 37.6 Å². The third-order valence-electron chi connectivity index (χ3n) is 2.61. The number of fused-ring (bicyclic) bond motifs is 1. The van der Waals surface area contributed by atoms with Crippen molar-refractivity contribution in [3.05, 3.63) is 30.6 Å². The van der Waals surface area contributed by atoms with Gasteiger partial charge in [-0.2, -0.15) is 0 Å². The number of hydrogen-bond acceptors (Lipinski definition) is 4. The molecule has 0 unspecified atom stereocenters. The van der Waals surface area contributed by atoms with Gasteiger partial charge >= 0.3 is 0 Å². The van der Waals surface area contributed by atoms with Crippen molar-refractivity contribution < 1.29 is 4.79 Å². The summed E-state index contributed by atoms with van der Waals surface area (Å²) in [7, 11) is 0. The zero-order valence-electron chi connectivity index (χ0n) is 10.1. The smallest absolute Gasteiger partial charge is 0.224 e. The maximum absolute atomic E-state index is 11.6. The van der Waals surface area contributed by atoms with Gasteiger partial charge in [-0.3, -0.25) is 14.8 Å². The van der Waals surface area contributed by atoms with Crippen molar-refractivity contribution in [1.82, 2.24) is 9.97 Å². The van der Waals surface area contributed by atoms with Crippen molar-refractivity contribution in [2.75, 3.05) is 11.9 Å². The van der Waals surface area contributed by atoms with Gasteiger partial charge in [0.2, 0.25) is 5.91 Å². The minimum atomic E-state index is 0.00619. The lowest BCUT2D eigenvalue weighted by Crippen LogP contribution is -2.12. The third kappa shape index (κ3) is 3.24. The maximum atomic E-state index is 11.6. The Morgan fingerprint density at radius 2 is 1.94 bits per heavy atom. The number of rotatable bonds is 5. The Balaban J connectivity index is 2.01. The van der Waals surface area contributed by atoms with E-state index in [1.807, 2.05) is 18.2 Å².